The van der Waals surface area contributed by atoms with Gasteiger partial charge in [-0.15, -0.1) is 0 Å². The van der Waals surface area contributed by atoms with E-state index in [4.69, 9.17) is 0 Å². The number of nitrogens with one attached hydrogen (secondary N) is 2. The van der Waals surface area contributed by atoms with Crippen LogP contribution in [0.2, 0.25) is 0 Å². The number of rotatable bonds is 7. The molecule has 1 heterocycles. The molecular formula is C19H23N3O3. The zero-order valence-electron chi connectivity index (χ0n) is 14.5. The van der Waals surface area contributed by atoms with Crippen LogP contribution in [0.3, 0.4) is 0 Å². The lowest BCUT2D eigenvalue weighted by Crippen LogP contribution is -2.25. The van der Waals surface area contributed by atoms with Crippen LogP contribution in [0.5, 0.6) is 0 Å². The van der Waals surface area contributed by atoms with Crippen LogP contribution >= 0.6 is 0 Å². The van der Waals surface area contributed by atoms with Crippen LogP contribution in [0, 0.1) is 6.92 Å². The van der Waals surface area contributed by atoms with E-state index in [-0.39, 0.29) is 17.4 Å². The Morgan fingerprint density at radius 1 is 1.08 bits per heavy atom. The first kappa shape index (κ1) is 18.4. The fraction of sp³-hybridized carbons (Fsp3) is 0.316. The van der Waals surface area contributed by atoms with Gasteiger partial charge in [0.05, 0.1) is 0 Å². The molecule has 0 bridgehead atoms. The number of amides is 2. The van der Waals surface area contributed by atoms with Crippen LogP contribution in [0.25, 0.3) is 0 Å². The van der Waals surface area contributed by atoms with E-state index in [1.165, 1.54) is 6.92 Å². The van der Waals surface area contributed by atoms with Crippen molar-refractivity contribution in [2.45, 2.75) is 33.2 Å². The summed E-state index contributed by atoms with van der Waals surface area (Å²) in [7, 11) is 0. The molecule has 0 fully saturated rings. The predicted molar refractivity (Wildman–Crippen MR) is 97.8 cm³/mol. The molecule has 1 aromatic carbocycles. The second kappa shape index (κ2) is 8.82. The Bertz CT molecular complexity index is 812. The van der Waals surface area contributed by atoms with E-state index in [0.29, 0.717) is 24.3 Å². The maximum absolute atomic E-state index is 12.1. The lowest BCUT2D eigenvalue weighted by atomic mass is 10.2. The number of hydrogen-bond donors (Lipinski definition) is 2. The minimum Gasteiger partial charge on any atom is -0.352 e. The van der Waals surface area contributed by atoms with Crippen molar-refractivity contribution in [2.75, 3.05) is 11.9 Å². The van der Waals surface area contributed by atoms with Crippen molar-refractivity contribution in [3.63, 3.8) is 0 Å². The second-order valence-corrected chi connectivity index (χ2v) is 5.88. The van der Waals surface area contributed by atoms with Crippen molar-refractivity contribution in [1.29, 1.82) is 0 Å². The Labute approximate surface area is 146 Å². The van der Waals surface area contributed by atoms with Gasteiger partial charge in [0.1, 0.15) is 0 Å². The number of benzene rings is 1. The summed E-state index contributed by atoms with van der Waals surface area (Å²) in [6.07, 6.45) is 1.58. The van der Waals surface area contributed by atoms with Crippen LogP contribution in [0.15, 0.2) is 47.3 Å². The molecule has 0 unspecified atom stereocenters. The third-order valence-electron chi connectivity index (χ3n) is 3.81. The van der Waals surface area contributed by atoms with E-state index in [0.717, 1.165) is 18.5 Å². The van der Waals surface area contributed by atoms with E-state index in [1.54, 1.807) is 41.0 Å². The first-order chi connectivity index (χ1) is 12.0. The van der Waals surface area contributed by atoms with Crippen molar-refractivity contribution in [1.82, 2.24) is 9.88 Å². The highest BCUT2D eigenvalue weighted by Crippen LogP contribution is 2.10. The number of nitrogens with zero attached hydrogens (tertiary/aromatic N) is 1. The summed E-state index contributed by atoms with van der Waals surface area (Å²) >= 11 is 0. The van der Waals surface area contributed by atoms with E-state index < -0.39 is 0 Å². The molecule has 2 rings (SSSR count). The third kappa shape index (κ3) is 5.60. The van der Waals surface area contributed by atoms with E-state index in [1.807, 2.05) is 13.0 Å². The molecule has 0 radical (unpaired) electrons. The van der Waals surface area contributed by atoms with E-state index in [2.05, 4.69) is 10.6 Å². The number of carbonyl (C=O) groups excluding carboxylic acids is 2. The highest BCUT2D eigenvalue weighted by atomic mass is 16.2. The largest absolute Gasteiger partial charge is 0.352 e. The van der Waals surface area contributed by atoms with Crippen LogP contribution in [-0.2, 0) is 11.3 Å². The lowest BCUT2D eigenvalue weighted by Gasteiger charge is -2.10. The molecule has 2 aromatic rings. The van der Waals surface area contributed by atoms with E-state index >= 15 is 0 Å². The Hall–Kier alpha value is -2.89. The Morgan fingerprint density at radius 2 is 1.84 bits per heavy atom. The standard InChI is InChI=1S/C19H23N3O3/c1-14-7-5-10-18(24)22(14)12-4-3-11-20-19(25)16-8-6-9-17(13-16)21-15(2)23/h5-10,13H,3-4,11-12H2,1-2H3,(H,20,25)(H,21,23). The number of anilines is 1. The van der Waals surface area contributed by atoms with Crippen molar-refractivity contribution in [2.24, 2.45) is 0 Å². The fourth-order valence-corrected chi connectivity index (χ4v) is 2.55. The van der Waals surface area contributed by atoms with Gasteiger partial charge in [-0.3, -0.25) is 14.4 Å². The molecule has 1 aromatic heterocycles. The van der Waals surface area contributed by atoms with E-state index in [9.17, 15) is 14.4 Å². The molecule has 0 aliphatic carbocycles. The second-order valence-electron chi connectivity index (χ2n) is 5.88. The molecule has 0 saturated heterocycles. The van der Waals surface area contributed by atoms with Gasteiger partial charge in [-0.1, -0.05) is 12.1 Å². The van der Waals surface area contributed by atoms with Gasteiger partial charge in [-0.25, -0.2) is 0 Å². The van der Waals surface area contributed by atoms with Gasteiger partial charge in [-0.2, -0.15) is 0 Å². The molecule has 0 spiro atoms. The molecule has 0 aliphatic heterocycles. The third-order valence-corrected chi connectivity index (χ3v) is 3.81. The topological polar surface area (TPSA) is 80.2 Å². The lowest BCUT2D eigenvalue weighted by molar-refractivity contribution is -0.114. The summed E-state index contributed by atoms with van der Waals surface area (Å²) in [5.74, 6) is -0.357. The zero-order valence-corrected chi connectivity index (χ0v) is 14.5. The average molecular weight is 341 g/mol. The molecule has 132 valence electrons. The van der Waals surface area contributed by atoms with Crippen LogP contribution < -0.4 is 16.2 Å². The summed E-state index contributed by atoms with van der Waals surface area (Å²) < 4.78 is 1.73. The summed E-state index contributed by atoms with van der Waals surface area (Å²) in [5.41, 5.74) is 2.03. The van der Waals surface area contributed by atoms with Gasteiger partial charge in [-0.05, 0) is 44.0 Å². The Balaban J connectivity index is 1.79. The number of pyridine rings is 1. The Morgan fingerprint density at radius 3 is 2.56 bits per heavy atom. The van der Waals surface area contributed by atoms with Gasteiger partial charge in [0.2, 0.25) is 5.91 Å². The van der Waals surface area contributed by atoms with Crippen LogP contribution in [-0.4, -0.2) is 22.9 Å². The maximum atomic E-state index is 12.1. The number of hydrogen-bond acceptors (Lipinski definition) is 3. The molecule has 0 aliphatic rings. The zero-order chi connectivity index (χ0) is 18.2. The minimum absolute atomic E-state index is 0.00109. The number of unbranched alkanes of at least 4 members (excludes halogenated alkanes) is 1. The van der Waals surface area contributed by atoms with Crippen molar-refractivity contribution in [3.05, 3.63) is 64.1 Å². The van der Waals surface area contributed by atoms with Gasteiger partial charge in [0, 0.05) is 43.0 Å². The summed E-state index contributed by atoms with van der Waals surface area (Å²) in [6, 6.07) is 12.0. The molecule has 25 heavy (non-hydrogen) atoms. The molecule has 6 heteroatoms. The number of aromatic nitrogens is 1. The maximum Gasteiger partial charge on any atom is 0.251 e. The molecular weight excluding hydrogens is 318 g/mol. The molecule has 2 amide bonds. The van der Waals surface area contributed by atoms with Gasteiger partial charge < -0.3 is 15.2 Å². The predicted octanol–water partition coefficient (Wildman–Crippen LogP) is 2.33. The van der Waals surface area contributed by atoms with Crippen molar-refractivity contribution >= 4 is 17.5 Å². The molecule has 0 atom stereocenters. The summed E-state index contributed by atoms with van der Waals surface area (Å²) in [4.78, 5) is 35.0. The van der Waals surface area contributed by atoms with Gasteiger partial charge in [0.25, 0.3) is 11.5 Å². The highest BCUT2D eigenvalue weighted by Gasteiger charge is 2.06. The average Bonchev–Trinajstić information content (AvgIpc) is 2.56. The van der Waals surface area contributed by atoms with Crippen molar-refractivity contribution in [3.8, 4) is 0 Å². The summed E-state index contributed by atoms with van der Waals surface area (Å²) in [5, 5.41) is 5.51. The van der Waals surface area contributed by atoms with Gasteiger partial charge >= 0.3 is 0 Å². The minimum atomic E-state index is -0.180. The number of carbonyl (C=O) groups is 2. The molecule has 6 nitrogen and oxygen atoms in total. The summed E-state index contributed by atoms with van der Waals surface area (Å²) in [6.45, 7) is 4.50. The smallest absolute Gasteiger partial charge is 0.251 e. The monoisotopic (exact) mass is 341 g/mol. The Kier molecular flexibility index (Phi) is 6.51. The first-order valence-corrected chi connectivity index (χ1v) is 8.29. The fourth-order valence-electron chi connectivity index (χ4n) is 2.55. The quantitative estimate of drug-likeness (QED) is 0.759. The first-order valence-electron chi connectivity index (χ1n) is 8.29. The number of aryl methyl sites for hydroxylation is 1. The highest BCUT2D eigenvalue weighted by molar-refractivity contribution is 5.96. The van der Waals surface area contributed by atoms with Crippen LogP contribution in [0.1, 0.15) is 35.8 Å². The normalized spacial score (nSPS) is 10.3. The van der Waals surface area contributed by atoms with Gasteiger partial charge in [0.15, 0.2) is 0 Å². The van der Waals surface area contributed by atoms with Crippen LogP contribution in [0.4, 0.5) is 5.69 Å². The molecule has 2 N–H and O–H groups in total. The SMILES string of the molecule is CC(=O)Nc1cccc(C(=O)NCCCCn2c(C)cccc2=O)c1. The molecule has 0 saturated carbocycles. The van der Waals surface area contributed by atoms with Crippen molar-refractivity contribution < 1.29 is 9.59 Å².